The lowest BCUT2D eigenvalue weighted by Crippen LogP contribution is -2.47. The number of benzene rings is 2. The standard InChI is InChI=1S/C21H21FN6O2/c22-16-3-1-2-4-17(16)27-9-11-28(12-10-27)20-18(23)19(24-13-25-20)26-15-7-5-14(6-8-15)21(29)30/h1-8,13H,9-12,23H2,(H,29,30)(H,24,25,26). The van der Waals surface area contributed by atoms with Crippen molar-refractivity contribution < 1.29 is 14.3 Å². The molecule has 3 aromatic rings. The van der Waals surface area contributed by atoms with Gasteiger partial charge >= 0.3 is 5.97 Å². The molecule has 30 heavy (non-hydrogen) atoms. The van der Waals surface area contributed by atoms with Gasteiger partial charge in [0.05, 0.1) is 11.3 Å². The number of aromatic carboxylic acids is 1. The summed E-state index contributed by atoms with van der Waals surface area (Å²) in [5, 5.41) is 12.1. The first kappa shape index (κ1) is 19.4. The first-order valence-electron chi connectivity index (χ1n) is 9.48. The van der Waals surface area contributed by atoms with E-state index in [4.69, 9.17) is 10.8 Å². The number of hydrogen-bond donors (Lipinski definition) is 3. The van der Waals surface area contributed by atoms with Crippen molar-refractivity contribution in [2.75, 3.05) is 47.0 Å². The van der Waals surface area contributed by atoms with Gasteiger partial charge in [-0.2, -0.15) is 0 Å². The number of nitrogen functional groups attached to an aromatic ring is 1. The zero-order valence-corrected chi connectivity index (χ0v) is 16.1. The molecule has 0 unspecified atom stereocenters. The van der Waals surface area contributed by atoms with Gasteiger partial charge in [0.25, 0.3) is 0 Å². The number of piperazine rings is 1. The topological polar surface area (TPSA) is 108 Å². The van der Waals surface area contributed by atoms with Gasteiger partial charge in [0, 0.05) is 31.9 Å². The summed E-state index contributed by atoms with van der Waals surface area (Å²) < 4.78 is 14.1. The molecule has 0 saturated carbocycles. The number of para-hydroxylation sites is 1. The molecular formula is C21H21FN6O2. The van der Waals surface area contributed by atoms with Crippen LogP contribution in [0, 0.1) is 5.82 Å². The monoisotopic (exact) mass is 408 g/mol. The summed E-state index contributed by atoms with van der Waals surface area (Å²) in [6.45, 7) is 2.57. The van der Waals surface area contributed by atoms with Crippen LogP contribution < -0.4 is 20.9 Å². The molecule has 0 atom stereocenters. The summed E-state index contributed by atoms with van der Waals surface area (Å²) in [5.41, 5.74) is 8.18. The highest BCUT2D eigenvalue weighted by Gasteiger charge is 2.22. The van der Waals surface area contributed by atoms with E-state index >= 15 is 0 Å². The Hall–Kier alpha value is -3.88. The van der Waals surface area contributed by atoms with Crippen molar-refractivity contribution >= 4 is 34.7 Å². The molecule has 1 fully saturated rings. The molecule has 0 radical (unpaired) electrons. The molecule has 1 aliphatic rings. The second kappa shape index (κ2) is 8.24. The predicted molar refractivity (Wildman–Crippen MR) is 114 cm³/mol. The molecule has 1 saturated heterocycles. The molecule has 0 amide bonds. The van der Waals surface area contributed by atoms with E-state index in [-0.39, 0.29) is 11.4 Å². The highest BCUT2D eigenvalue weighted by atomic mass is 19.1. The van der Waals surface area contributed by atoms with Gasteiger partial charge in [-0.05, 0) is 36.4 Å². The fraction of sp³-hybridized carbons (Fsp3) is 0.190. The summed E-state index contributed by atoms with van der Waals surface area (Å²) in [4.78, 5) is 23.6. The Morgan fingerprint density at radius 1 is 1.00 bits per heavy atom. The van der Waals surface area contributed by atoms with Crippen LogP contribution in [0.3, 0.4) is 0 Å². The van der Waals surface area contributed by atoms with E-state index < -0.39 is 5.97 Å². The van der Waals surface area contributed by atoms with Gasteiger partial charge in [0.15, 0.2) is 11.6 Å². The van der Waals surface area contributed by atoms with Crippen molar-refractivity contribution in [3.63, 3.8) is 0 Å². The van der Waals surface area contributed by atoms with E-state index in [1.165, 1.54) is 24.5 Å². The molecule has 0 aliphatic carbocycles. The van der Waals surface area contributed by atoms with Gasteiger partial charge in [-0.3, -0.25) is 0 Å². The fourth-order valence-corrected chi connectivity index (χ4v) is 3.44. The minimum atomic E-state index is -0.986. The Labute approximate surface area is 172 Å². The molecule has 9 heteroatoms. The predicted octanol–water partition coefficient (Wildman–Crippen LogP) is 2.97. The molecule has 0 spiro atoms. The molecule has 2 heterocycles. The quantitative estimate of drug-likeness (QED) is 0.591. The summed E-state index contributed by atoms with van der Waals surface area (Å²) in [5.74, 6) is -0.157. The van der Waals surface area contributed by atoms with Crippen molar-refractivity contribution in [2.45, 2.75) is 0 Å². The van der Waals surface area contributed by atoms with E-state index in [2.05, 4.69) is 15.3 Å². The number of nitrogens with zero attached hydrogens (tertiary/aromatic N) is 4. The number of aromatic nitrogens is 2. The minimum Gasteiger partial charge on any atom is -0.478 e. The molecule has 4 rings (SSSR count). The van der Waals surface area contributed by atoms with Crippen LogP contribution in [0.1, 0.15) is 10.4 Å². The van der Waals surface area contributed by atoms with Crippen molar-refractivity contribution in [3.8, 4) is 0 Å². The van der Waals surface area contributed by atoms with Crippen LogP contribution in [0.2, 0.25) is 0 Å². The Morgan fingerprint density at radius 2 is 1.67 bits per heavy atom. The molecule has 4 N–H and O–H groups in total. The van der Waals surface area contributed by atoms with Crippen LogP contribution in [0.4, 0.5) is 33.1 Å². The maximum Gasteiger partial charge on any atom is 0.335 e. The van der Waals surface area contributed by atoms with E-state index in [1.54, 1.807) is 24.3 Å². The molecule has 0 bridgehead atoms. The average Bonchev–Trinajstić information content (AvgIpc) is 2.76. The second-order valence-corrected chi connectivity index (χ2v) is 6.89. The van der Waals surface area contributed by atoms with Crippen molar-refractivity contribution in [2.24, 2.45) is 0 Å². The van der Waals surface area contributed by atoms with Crippen molar-refractivity contribution in [1.82, 2.24) is 9.97 Å². The zero-order chi connectivity index (χ0) is 21.1. The number of carboxylic acids is 1. The second-order valence-electron chi connectivity index (χ2n) is 6.89. The van der Waals surface area contributed by atoms with Gasteiger partial charge in [-0.1, -0.05) is 12.1 Å². The van der Waals surface area contributed by atoms with Gasteiger partial charge in [-0.25, -0.2) is 19.2 Å². The van der Waals surface area contributed by atoms with Crippen LogP contribution in [-0.4, -0.2) is 47.2 Å². The molecule has 1 aromatic heterocycles. The summed E-state index contributed by atoms with van der Waals surface area (Å²) >= 11 is 0. The van der Waals surface area contributed by atoms with Gasteiger partial charge in [0.2, 0.25) is 0 Å². The molecule has 154 valence electrons. The Balaban J connectivity index is 1.47. The van der Waals surface area contributed by atoms with E-state index in [0.29, 0.717) is 54.9 Å². The van der Waals surface area contributed by atoms with Crippen molar-refractivity contribution in [3.05, 3.63) is 66.2 Å². The third kappa shape index (κ3) is 3.95. The highest BCUT2D eigenvalue weighted by molar-refractivity contribution is 5.88. The lowest BCUT2D eigenvalue weighted by atomic mass is 10.2. The van der Waals surface area contributed by atoms with Gasteiger partial charge in [0.1, 0.15) is 17.8 Å². The normalized spacial score (nSPS) is 13.9. The van der Waals surface area contributed by atoms with E-state index in [0.717, 1.165) is 0 Å². The van der Waals surface area contributed by atoms with Crippen LogP contribution in [0.25, 0.3) is 0 Å². The molecular weight excluding hydrogens is 387 g/mol. The summed E-state index contributed by atoms with van der Waals surface area (Å²) in [7, 11) is 0. The number of rotatable bonds is 5. The van der Waals surface area contributed by atoms with Crippen molar-refractivity contribution in [1.29, 1.82) is 0 Å². The molecule has 1 aliphatic heterocycles. The smallest absolute Gasteiger partial charge is 0.335 e. The Kier molecular flexibility index (Phi) is 5.34. The van der Waals surface area contributed by atoms with Crippen LogP contribution >= 0.6 is 0 Å². The largest absolute Gasteiger partial charge is 0.478 e. The number of anilines is 5. The first-order valence-corrected chi connectivity index (χ1v) is 9.48. The maximum atomic E-state index is 14.1. The number of nitrogens with two attached hydrogens (primary N) is 1. The number of hydrogen-bond acceptors (Lipinski definition) is 7. The zero-order valence-electron chi connectivity index (χ0n) is 16.1. The Morgan fingerprint density at radius 3 is 2.33 bits per heavy atom. The highest BCUT2D eigenvalue weighted by Crippen LogP contribution is 2.30. The fourth-order valence-electron chi connectivity index (χ4n) is 3.44. The van der Waals surface area contributed by atoms with Gasteiger partial charge in [-0.15, -0.1) is 0 Å². The third-order valence-electron chi connectivity index (χ3n) is 5.03. The third-order valence-corrected chi connectivity index (χ3v) is 5.03. The number of carboxylic acid groups (broad SMARTS) is 1. The summed E-state index contributed by atoms with van der Waals surface area (Å²) in [6.07, 6.45) is 1.43. The minimum absolute atomic E-state index is 0.199. The van der Waals surface area contributed by atoms with E-state index in [1.807, 2.05) is 15.9 Å². The maximum absolute atomic E-state index is 14.1. The number of nitrogens with one attached hydrogen (secondary N) is 1. The SMILES string of the molecule is Nc1c(Nc2ccc(C(=O)O)cc2)ncnc1N1CCN(c2ccccc2F)CC1. The summed E-state index contributed by atoms with van der Waals surface area (Å²) in [6, 6.07) is 13.1. The van der Waals surface area contributed by atoms with Crippen LogP contribution in [-0.2, 0) is 0 Å². The molecule has 8 nitrogen and oxygen atoms in total. The molecule has 2 aromatic carbocycles. The van der Waals surface area contributed by atoms with Gasteiger partial charge < -0.3 is 26.0 Å². The first-order chi connectivity index (χ1) is 14.5. The van der Waals surface area contributed by atoms with E-state index in [9.17, 15) is 9.18 Å². The lowest BCUT2D eigenvalue weighted by Gasteiger charge is -2.37. The Bertz CT molecular complexity index is 1050. The average molecular weight is 408 g/mol. The lowest BCUT2D eigenvalue weighted by molar-refractivity contribution is 0.0697. The van der Waals surface area contributed by atoms with Crippen LogP contribution in [0.5, 0.6) is 0 Å². The van der Waals surface area contributed by atoms with Crippen LogP contribution in [0.15, 0.2) is 54.9 Å². The number of carbonyl (C=O) groups is 1. The number of halogens is 1.